The highest BCUT2D eigenvalue weighted by Crippen LogP contribution is 2.32. The number of thiophene rings is 1. The number of hydrogen-bond acceptors (Lipinski definition) is 6. The SMILES string of the molecule is CC(C)N(CCn1c(N(C)C)nc2cc(-n3cnc4cc(-c5ccc(Cl)cc5)sc4c3=O)ccc21)C(C)C.Cl. The fourth-order valence-electron chi connectivity index (χ4n) is 5.00. The lowest BCUT2D eigenvalue weighted by Crippen LogP contribution is -2.39. The van der Waals surface area contributed by atoms with E-state index < -0.39 is 0 Å². The number of nitrogens with zero attached hydrogens (tertiary/aromatic N) is 6. The fourth-order valence-corrected chi connectivity index (χ4v) is 6.17. The van der Waals surface area contributed by atoms with E-state index >= 15 is 0 Å². The maximum atomic E-state index is 13.5. The molecule has 7 nitrogen and oxygen atoms in total. The van der Waals surface area contributed by atoms with Crippen LogP contribution in [0.2, 0.25) is 5.02 Å². The monoisotopic (exact) mass is 584 g/mol. The Kier molecular flexibility index (Phi) is 8.71. The Hall–Kier alpha value is -2.91. The van der Waals surface area contributed by atoms with Gasteiger partial charge in [0.25, 0.3) is 5.56 Å². The van der Waals surface area contributed by atoms with Crippen molar-refractivity contribution in [3.05, 3.63) is 70.2 Å². The molecule has 5 aromatic rings. The lowest BCUT2D eigenvalue weighted by Gasteiger charge is -2.31. The van der Waals surface area contributed by atoms with Crippen molar-refractivity contribution in [2.75, 3.05) is 25.5 Å². The number of hydrogen-bond donors (Lipinski definition) is 0. The lowest BCUT2D eigenvalue weighted by atomic mass is 10.2. The van der Waals surface area contributed by atoms with Gasteiger partial charge in [-0.1, -0.05) is 23.7 Å². The molecule has 3 heterocycles. The molecule has 39 heavy (non-hydrogen) atoms. The van der Waals surface area contributed by atoms with Gasteiger partial charge in [-0.15, -0.1) is 23.7 Å². The van der Waals surface area contributed by atoms with Crippen LogP contribution in [0.4, 0.5) is 5.95 Å². The number of benzene rings is 2. The van der Waals surface area contributed by atoms with E-state index in [0.717, 1.165) is 46.2 Å². The minimum absolute atomic E-state index is 0. The molecule has 0 saturated heterocycles. The molecule has 0 unspecified atom stereocenters. The van der Waals surface area contributed by atoms with Gasteiger partial charge in [0.1, 0.15) is 11.0 Å². The van der Waals surface area contributed by atoms with E-state index in [1.807, 2.05) is 61.5 Å². The van der Waals surface area contributed by atoms with Gasteiger partial charge in [-0.3, -0.25) is 14.3 Å². The normalized spacial score (nSPS) is 11.7. The van der Waals surface area contributed by atoms with Crippen LogP contribution in [0.3, 0.4) is 0 Å². The number of imidazole rings is 1. The maximum absolute atomic E-state index is 13.5. The molecule has 206 valence electrons. The summed E-state index contributed by atoms with van der Waals surface area (Å²) in [6.45, 7) is 10.7. The van der Waals surface area contributed by atoms with E-state index in [2.05, 4.69) is 48.2 Å². The molecule has 0 atom stereocenters. The molecule has 0 aliphatic carbocycles. The fraction of sp³-hybridized carbons (Fsp3) is 0.345. The molecule has 0 spiro atoms. The molecule has 0 bridgehead atoms. The van der Waals surface area contributed by atoms with Crippen molar-refractivity contribution in [1.82, 2.24) is 24.0 Å². The zero-order valence-corrected chi connectivity index (χ0v) is 25.4. The Morgan fingerprint density at radius 3 is 2.31 bits per heavy atom. The van der Waals surface area contributed by atoms with E-state index in [1.165, 1.54) is 11.3 Å². The molecule has 0 aliphatic rings. The van der Waals surface area contributed by atoms with Crippen molar-refractivity contribution in [3.63, 3.8) is 0 Å². The molecule has 0 radical (unpaired) electrons. The van der Waals surface area contributed by atoms with Gasteiger partial charge in [0, 0.05) is 49.2 Å². The van der Waals surface area contributed by atoms with Crippen molar-refractivity contribution in [2.45, 2.75) is 46.3 Å². The maximum Gasteiger partial charge on any atom is 0.275 e. The summed E-state index contributed by atoms with van der Waals surface area (Å²) in [4.78, 5) is 28.6. The third-order valence-electron chi connectivity index (χ3n) is 6.86. The average Bonchev–Trinajstić information content (AvgIpc) is 3.47. The second kappa shape index (κ2) is 11.7. The molecule has 10 heteroatoms. The van der Waals surface area contributed by atoms with Gasteiger partial charge < -0.3 is 9.47 Å². The van der Waals surface area contributed by atoms with Crippen LogP contribution < -0.4 is 10.5 Å². The Morgan fingerprint density at radius 1 is 0.974 bits per heavy atom. The van der Waals surface area contributed by atoms with Crippen LogP contribution in [0.1, 0.15) is 27.7 Å². The molecular weight excluding hydrogens is 551 g/mol. The highest BCUT2D eigenvalue weighted by molar-refractivity contribution is 7.22. The number of rotatable bonds is 8. The molecule has 2 aromatic carbocycles. The smallest absolute Gasteiger partial charge is 0.275 e. The van der Waals surface area contributed by atoms with Crippen molar-refractivity contribution in [2.24, 2.45) is 0 Å². The first kappa shape index (κ1) is 29.1. The number of halogens is 2. The second-order valence-electron chi connectivity index (χ2n) is 10.3. The van der Waals surface area contributed by atoms with Crippen LogP contribution in [-0.4, -0.2) is 56.7 Å². The summed E-state index contributed by atoms with van der Waals surface area (Å²) >= 11 is 7.49. The Bertz CT molecular complexity index is 1640. The van der Waals surface area contributed by atoms with Crippen molar-refractivity contribution in [1.29, 1.82) is 0 Å². The van der Waals surface area contributed by atoms with Gasteiger partial charge in [-0.2, -0.15) is 0 Å². The highest BCUT2D eigenvalue weighted by atomic mass is 35.5. The quantitative estimate of drug-likeness (QED) is 0.202. The lowest BCUT2D eigenvalue weighted by molar-refractivity contribution is 0.169. The van der Waals surface area contributed by atoms with E-state index in [0.29, 0.717) is 27.3 Å². The summed E-state index contributed by atoms with van der Waals surface area (Å²) in [5.41, 5.74) is 4.27. The molecule has 0 N–H and O–H groups in total. The first-order valence-corrected chi connectivity index (χ1v) is 14.0. The molecule has 0 saturated carbocycles. The topological polar surface area (TPSA) is 59.2 Å². The standard InChI is InChI=1S/C29H33ClN6OS.ClH/c1-18(2)34(19(3)4)13-14-35-25-12-11-22(15-23(25)32-29(35)33(5)6)36-17-31-24-16-26(38-27(24)28(36)37)20-7-9-21(30)10-8-20;/h7-12,15-19H,13-14H2,1-6H3;1H. The summed E-state index contributed by atoms with van der Waals surface area (Å²) in [5, 5.41) is 0.683. The van der Waals surface area contributed by atoms with Crippen molar-refractivity contribution < 1.29 is 0 Å². The number of fused-ring (bicyclic) bond motifs is 2. The Balaban J connectivity index is 0.00000353. The first-order chi connectivity index (χ1) is 18.1. The molecule has 5 rings (SSSR count). The van der Waals surface area contributed by atoms with Crippen LogP contribution >= 0.6 is 35.3 Å². The number of aromatic nitrogens is 4. The van der Waals surface area contributed by atoms with Gasteiger partial charge in [0.2, 0.25) is 5.95 Å². The molecule has 0 fully saturated rings. The summed E-state index contributed by atoms with van der Waals surface area (Å²) in [7, 11) is 4.03. The largest absolute Gasteiger partial charge is 0.348 e. The predicted molar refractivity (Wildman–Crippen MR) is 168 cm³/mol. The minimum Gasteiger partial charge on any atom is -0.348 e. The summed E-state index contributed by atoms with van der Waals surface area (Å²) in [5.74, 6) is 0.899. The Labute approximate surface area is 244 Å². The molecule has 3 aromatic heterocycles. The zero-order chi connectivity index (χ0) is 27.1. The van der Waals surface area contributed by atoms with Gasteiger partial charge in [0.05, 0.1) is 22.2 Å². The van der Waals surface area contributed by atoms with Gasteiger partial charge in [0.15, 0.2) is 0 Å². The van der Waals surface area contributed by atoms with Crippen molar-refractivity contribution in [3.8, 4) is 16.1 Å². The van der Waals surface area contributed by atoms with E-state index in [4.69, 9.17) is 16.6 Å². The molecule has 0 aliphatic heterocycles. The van der Waals surface area contributed by atoms with Gasteiger partial charge >= 0.3 is 0 Å². The van der Waals surface area contributed by atoms with Crippen LogP contribution in [0, 0.1) is 0 Å². The summed E-state index contributed by atoms with van der Waals surface area (Å²) in [6, 6.07) is 16.5. The first-order valence-electron chi connectivity index (χ1n) is 12.8. The molecule has 0 amide bonds. The van der Waals surface area contributed by atoms with E-state index in [-0.39, 0.29) is 18.0 Å². The Morgan fingerprint density at radius 2 is 1.67 bits per heavy atom. The van der Waals surface area contributed by atoms with Crippen LogP contribution in [0.5, 0.6) is 0 Å². The average molecular weight is 586 g/mol. The third kappa shape index (κ3) is 5.70. The summed E-state index contributed by atoms with van der Waals surface area (Å²) in [6.07, 6.45) is 1.61. The third-order valence-corrected chi connectivity index (χ3v) is 8.28. The van der Waals surface area contributed by atoms with Gasteiger partial charge in [-0.25, -0.2) is 9.97 Å². The van der Waals surface area contributed by atoms with E-state index in [9.17, 15) is 4.79 Å². The highest BCUT2D eigenvalue weighted by Gasteiger charge is 2.18. The second-order valence-corrected chi connectivity index (χ2v) is 11.8. The van der Waals surface area contributed by atoms with Crippen LogP contribution in [-0.2, 0) is 6.54 Å². The predicted octanol–water partition coefficient (Wildman–Crippen LogP) is 6.72. The van der Waals surface area contributed by atoms with Crippen LogP contribution in [0.25, 0.3) is 37.4 Å². The number of anilines is 1. The molecular formula is C29H34Cl2N6OS. The van der Waals surface area contributed by atoms with Crippen molar-refractivity contribution >= 4 is 62.5 Å². The van der Waals surface area contributed by atoms with Crippen LogP contribution in [0.15, 0.2) is 59.7 Å². The van der Waals surface area contributed by atoms with Gasteiger partial charge in [-0.05, 0) is 69.7 Å². The minimum atomic E-state index is -0.0867. The zero-order valence-electron chi connectivity index (χ0n) is 23.1. The van der Waals surface area contributed by atoms with E-state index in [1.54, 1.807) is 10.9 Å². The summed E-state index contributed by atoms with van der Waals surface area (Å²) < 4.78 is 4.50.